The second-order valence-corrected chi connectivity index (χ2v) is 9.36. The summed E-state index contributed by atoms with van der Waals surface area (Å²) in [4.78, 5) is 2.41. The Kier molecular flexibility index (Phi) is 5.64. The molecule has 0 amide bonds. The van der Waals surface area contributed by atoms with Crippen LogP contribution in [-0.4, -0.2) is 44.3 Å². The van der Waals surface area contributed by atoms with E-state index in [4.69, 9.17) is 0 Å². The number of benzene rings is 2. The molecule has 2 saturated heterocycles. The predicted octanol–water partition coefficient (Wildman–Crippen LogP) is 3.48. The lowest BCUT2D eigenvalue weighted by atomic mass is 9.90. The molecule has 0 N–H and O–H groups in total. The first-order valence-electron chi connectivity index (χ1n) is 8.89. The smallest absolute Gasteiger partial charge is 0.243 e. The van der Waals surface area contributed by atoms with Crippen molar-refractivity contribution in [2.75, 3.05) is 26.7 Å². The summed E-state index contributed by atoms with van der Waals surface area (Å²) in [6.07, 6.45) is 0. The Morgan fingerprint density at radius 3 is 2.44 bits per heavy atom. The summed E-state index contributed by atoms with van der Waals surface area (Å²) < 4.78 is 41.4. The second kappa shape index (κ2) is 7.51. The highest BCUT2D eigenvalue weighted by Crippen LogP contribution is 2.45. The van der Waals surface area contributed by atoms with E-state index in [1.807, 2.05) is 18.2 Å². The third-order valence-corrected chi connectivity index (χ3v) is 7.74. The van der Waals surface area contributed by atoms with E-state index in [-0.39, 0.29) is 29.3 Å². The quantitative estimate of drug-likeness (QED) is 0.777. The number of sulfonamides is 1. The van der Waals surface area contributed by atoms with Crippen LogP contribution in [0.15, 0.2) is 53.4 Å². The summed E-state index contributed by atoms with van der Waals surface area (Å²) in [7, 11) is -1.58. The maximum absolute atomic E-state index is 13.6. The first kappa shape index (κ1) is 20.3. The molecule has 2 heterocycles. The van der Waals surface area contributed by atoms with Crippen molar-refractivity contribution in [3.8, 4) is 0 Å². The average Bonchev–Trinajstić information content (AvgIpc) is 3.14. The van der Waals surface area contributed by atoms with Gasteiger partial charge < -0.3 is 0 Å². The van der Waals surface area contributed by atoms with E-state index >= 15 is 0 Å². The van der Waals surface area contributed by atoms with Gasteiger partial charge in [0.25, 0.3) is 0 Å². The molecule has 146 valence electrons. The van der Waals surface area contributed by atoms with Crippen molar-refractivity contribution in [2.45, 2.75) is 17.9 Å². The van der Waals surface area contributed by atoms with Crippen LogP contribution >= 0.6 is 12.4 Å². The number of hydrogen-bond acceptors (Lipinski definition) is 3. The van der Waals surface area contributed by atoms with E-state index in [2.05, 4.69) is 24.1 Å². The zero-order chi connectivity index (χ0) is 18.5. The Morgan fingerprint density at radius 2 is 1.74 bits per heavy atom. The van der Waals surface area contributed by atoms with Crippen molar-refractivity contribution >= 4 is 22.4 Å². The number of likely N-dealkylation sites (tertiary alicyclic amines) is 1. The Labute approximate surface area is 166 Å². The molecular formula is C20H24ClFN2O2S. The number of nitrogens with zero attached hydrogens (tertiary/aromatic N) is 2. The summed E-state index contributed by atoms with van der Waals surface area (Å²) in [5.41, 5.74) is 1.81. The minimum Gasteiger partial charge on any atom is -0.299 e. The molecule has 0 saturated carbocycles. The summed E-state index contributed by atoms with van der Waals surface area (Å²) >= 11 is 0. The van der Waals surface area contributed by atoms with Crippen molar-refractivity contribution < 1.29 is 12.8 Å². The molecule has 0 radical (unpaired) electrons. The molecule has 0 aliphatic carbocycles. The van der Waals surface area contributed by atoms with Crippen LogP contribution in [0.5, 0.6) is 0 Å². The van der Waals surface area contributed by atoms with E-state index in [9.17, 15) is 12.8 Å². The summed E-state index contributed by atoms with van der Waals surface area (Å²) in [6.45, 7) is 3.56. The maximum Gasteiger partial charge on any atom is 0.243 e. The number of rotatable bonds is 3. The molecule has 0 bridgehead atoms. The fraction of sp³-hybridized carbons (Fsp3) is 0.400. The van der Waals surface area contributed by atoms with Gasteiger partial charge in [-0.1, -0.05) is 36.4 Å². The first-order chi connectivity index (χ1) is 12.4. The van der Waals surface area contributed by atoms with Gasteiger partial charge in [-0.05, 0) is 49.1 Å². The van der Waals surface area contributed by atoms with Crippen LogP contribution in [0.2, 0.25) is 0 Å². The lowest BCUT2D eigenvalue weighted by Gasteiger charge is -2.27. The van der Waals surface area contributed by atoms with Gasteiger partial charge in [0.1, 0.15) is 5.82 Å². The third-order valence-electron chi connectivity index (χ3n) is 5.77. The standard InChI is InChI=1S/C20H23FN2O2S.ClH/c1-14-8-9-17(21)10-19(14)26(24,25)23-12-16-11-22(2)20(18(16)13-23)15-6-4-3-5-7-15;/h3-10,16,18,20H,11-13H2,1-2H3;1H/t16-,18+,20-;/m0./s1. The van der Waals surface area contributed by atoms with E-state index in [1.165, 1.54) is 17.7 Å². The van der Waals surface area contributed by atoms with Crippen molar-refractivity contribution in [2.24, 2.45) is 11.8 Å². The molecule has 4 nitrogen and oxygen atoms in total. The van der Waals surface area contributed by atoms with Crippen molar-refractivity contribution in [1.29, 1.82) is 0 Å². The van der Waals surface area contributed by atoms with E-state index in [0.29, 0.717) is 24.6 Å². The topological polar surface area (TPSA) is 40.6 Å². The SMILES string of the molecule is Cc1ccc(F)cc1S(=O)(=O)N1C[C@@H]2CN(C)[C@@H](c3ccccc3)[C@@H]2C1.Cl. The van der Waals surface area contributed by atoms with Crippen LogP contribution in [-0.2, 0) is 10.0 Å². The van der Waals surface area contributed by atoms with Gasteiger partial charge in [-0.15, -0.1) is 12.4 Å². The monoisotopic (exact) mass is 410 g/mol. The molecule has 0 aromatic heterocycles. The Bertz CT molecular complexity index is 923. The highest BCUT2D eigenvalue weighted by Gasteiger charge is 2.49. The molecule has 2 aliphatic rings. The van der Waals surface area contributed by atoms with Gasteiger partial charge in [-0.3, -0.25) is 4.90 Å². The van der Waals surface area contributed by atoms with Crippen LogP contribution in [0, 0.1) is 24.6 Å². The number of hydrogen-bond donors (Lipinski definition) is 0. The van der Waals surface area contributed by atoms with Crippen LogP contribution in [0.3, 0.4) is 0 Å². The van der Waals surface area contributed by atoms with Gasteiger partial charge in [0.15, 0.2) is 0 Å². The zero-order valence-electron chi connectivity index (χ0n) is 15.4. The molecule has 2 aliphatic heterocycles. The van der Waals surface area contributed by atoms with Gasteiger partial charge in [-0.2, -0.15) is 4.31 Å². The largest absolute Gasteiger partial charge is 0.299 e. The van der Waals surface area contributed by atoms with E-state index in [0.717, 1.165) is 12.6 Å². The van der Waals surface area contributed by atoms with Crippen molar-refractivity contribution in [3.63, 3.8) is 0 Å². The fourth-order valence-electron chi connectivity index (χ4n) is 4.56. The molecule has 3 atom stereocenters. The molecule has 2 fully saturated rings. The highest BCUT2D eigenvalue weighted by atomic mass is 35.5. The lowest BCUT2D eigenvalue weighted by Crippen LogP contribution is -2.33. The molecule has 2 aromatic rings. The van der Waals surface area contributed by atoms with Gasteiger partial charge in [-0.25, -0.2) is 12.8 Å². The second-order valence-electron chi connectivity index (χ2n) is 7.45. The lowest BCUT2D eigenvalue weighted by molar-refractivity contribution is 0.261. The number of halogens is 2. The van der Waals surface area contributed by atoms with Crippen LogP contribution in [0.4, 0.5) is 4.39 Å². The minimum absolute atomic E-state index is 0. The summed E-state index contributed by atoms with van der Waals surface area (Å²) in [5, 5.41) is 0. The van der Waals surface area contributed by atoms with Crippen LogP contribution < -0.4 is 0 Å². The van der Waals surface area contributed by atoms with E-state index in [1.54, 1.807) is 11.2 Å². The minimum atomic E-state index is -3.68. The van der Waals surface area contributed by atoms with Crippen LogP contribution in [0.1, 0.15) is 17.2 Å². The Morgan fingerprint density at radius 1 is 1.04 bits per heavy atom. The third kappa shape index (κ3) is 3.51. The maximum atomic E-state index is 13.6. The van der Waals surface area contributed by atoms with Gasteiger partial charge >= 0.3 is 0 Å². The molecule has 2 aromatic carbocycles. The normalized spacial score (nSPS) is 26.0. The van der Waals surface area contributed by atoms with Gasteiger partial charge in [0, 0.05) is 25.7 Å². The number of aryl methyl sites for hydroxylation is 1. The summed E-state index contributed by atoms with van der Waals surface area (Å²) in [5.74, 6) is 0.0374. The molecule has 0 unspecified atom stereocenters. The average molecular weight is 411 g/mol. The fourth-order valence-corrected chi connectivity index (χ4v) is 6.33. The molecule has 7 heteroatoms. The van der Waals surface area contributed by atoms with Gasteiger partial charge in [0.05, 0.1) is 4.90 Å². The zero-order valence-corrected chi connectivity index (χ0v) is 17.0. The van der Waals surface area contributed by atoms with E-state index < -0.39 is 15.8 Å². The predicted molar refractivity (Wildman–Crippen MR) is 106 cm³/mol. The highest BCUT2D eigenvalue weighted by molar-refractivity contribution is 7.89. The molecular weight excluding hydrogens is 387 g/mol. The summed E-state index contributed by atoms with van der Waals surface area (Å²) in [6, 6.07) is 14.4. The molecule has 0 spiro atoms. The van der Waals surface area contributed by atoms with Crippen LogP contribution in [0.25, 0.3) is 0 Å². The Balaban J connectivity index is 0.00000210. The van der Waals surface area contributed by atoms with Crippen molar-refractivity contribution in [1.82, 2.24) is 9.21 Å². The van der Waals surface area contributed by atoms with Gasteiger partial charge in [0.2, 0.25) is 10.0 Å². The molecule has 27 heavy (non-hydrogen) atoms. The van der Waals surface area contributed by atoms with Crippen molar-refractivity contribution in [3.05, 3.63) is 65.5 Å². The first-order valence-corrected chi connectivity index (χ1v) is 10.3. The molecule has 4 rings (SSSR count). The number of fused-ring (bicyclic) bond motifs is 1. The Hall–Kier alpha value is -1.47.